The van der Waals surface area contributed by atoms with Crippen molar-refractivity contribution in [2.75, 3.05) is 0 Å². The fourth-order valence-corrected chi connectivity index (χ4v) is 2.59. The van der Waals surface area contributed by atoms with Crippen molar-refractivity contribution < 1.29 is 0 Å². The molecule has 2 rings (SSSR count). The lowest BCUT2D eigenvalue weighted by Crippen LogP contribution is -2.30. The number of allylic oxidation sites excluding steroid dienone is 1. The van der Waals surface area contributed by atoms with Crippen LogP contribution in [0.1, 0.15) is 50.6 Å². The highest BCUT2D eigenvalue weighted by Gasteiger charge is 2.11. The Balaban J connectivity index is 1.94. The van der Waals surface area contributed by atoms with Gasteiger partial charge in [0.05, 0.1) is 0 Å². The topological polar surface area (TPSA) is 12.0 Å². The summed E-state index contributed by atoms with van der Waals surface area (Å²) in [7, 11) is 0. The van der Waals surface area contributed by atoms with Gasteiger partial charge in [-0.1, -0.05) is 48.7 Å². The molecule has 1 aliphatic carbocycles. The van der Waals surface area contributed by atoms with Crippen molar-refractivity contribution in [3.8, 4) is 0 Å². The van der Waals surface area contributed by atoms with Crippen molar-refractivity contribution in [2.24, 2.45) is 0 Å². The highest BCUT2D eigenvalue weighted by molar-refractivity contribution is 6.30. The average molecular weight is 264 g/mol. The highest BCUT2D eigenvalue weighted by atomic mass is 35.5. The minimum absolute atomic E-state index is 0.372. The van der Waals surface area contributed by atoms with Crippen molar-refractivity contribution in [1.82, 2.24) is 5.32 Å². The molecule has 1 aromatic carbocycles. The third kappa shape index (κ3) is 4.15. The first-order valence-corrected chi connectivity index (χ1v) is 7.31. The second kappa shape index (κ2) is 6.96. The minimum atomic E-state index is 0.372. The Morgan fingerprint density at radius 1 is 1.17 bits per heavy atom. The van der Waals surface area contributed by atoms with Crippen LogP contribution in [0.15, 0.2) is 36.4 Å². The lowest BCUT2D eigenvalue weighted by molar-refractivity contribution is 0.462. The molecule has 0 bridgehead atoms. The summed E-state index contributed by atoms with van der Waals surface area (Å²) < 4.78 is 0. The molecule has 0 heterocycles. The van der Waals surface area contributed by atoms with Crippen LogP contribution < -0.4 is 5.32 Å². The van der Waals surface area contributed by atoms with E-state index in [0.29, 0.717) is 12.1 Å². The van der Waals surface area contributed by atoms with Crippen LogP contribution in [0.5, 0.6) is 0 Å². The lowest BCUT2D eigenvalue weighted by Gasteiger charge is -2.22. The highest BCUT2D eigenvalue weighted by Crippen LogP contribution is 2.19. The van der Waals surface area contributed by atoms with Crippen LogP contribution in [0.25, 0.3) is 0 Å². The second-order valence-electron chi connectivity index (χ2n) is 5.11. The molecule has 1 N–H and O–H groups in total. The summed E-state index contributed by atoms with van der Waals surface area (Å²) in [6.45, 7) is 2.22. The summed E-state index contributed by atoms with van der Waals surface area (Å²) in [6.07, 6.45) is 11.2. The van der Waals surface area contributed by atoms with Gasteiger partial charge in [-0.25, -0.2) is 0 Å². The van der Waals surface area contributed by atoms with E-state index in [4.69, 9.17) is 11.6 Å². The maximum Gasteiger partial charge on any atom is 0.0406 e. The predicted molar refractivity (Wildman–Crippen MR) is 79.0 cm³/mol. The van der Waals surface area contributed by atoms with E-state index in [2.05, 4.69) is 36.5 Å². The SMILES string of the molecule is C[C@H](NC1/C=C/CCCCC1)c1ccc(Cl)cc1. The van der Waals surface area contributed by atoms with Crippen LogP contribution in [0.3, 0.4) is 0 Å². The Morgan fingerprint density at radius 3 is 2.72 bits per heavy atom. The van der Waals surface area contributed by atoms with Crippen molar-refractivity contribution >= 4 is 11.6 Å². The number of halogens is 1. The van der Waals surface area contributed by atoms with E-state index in [-0.39, 0.29) is 0 Å². The molecule has 1 aromatic rings. The molecule has 1 nitrogen and oxygen atoms in total. The van der Waals surface area contributed by atoms with Crippen molar-refractivity contribution in [1.29, 1.82) is 0 Å². The van der Waals surface area contributed by atoms with E-state index in [1.54, 1.807) is 0 Å². The lowest BCUT2D eigenvalue weighted by atomic mass is 10.0. The molecule has 0 fully saturated rings. The van der Waals surface area contributed by atoms with Gasteiger partial charge in [0.25, 0.3) is 0 Å². The molecular formula is C16H22ClN. The maximum atomic E-state index is 5.92. The van der Waals surface area contributed by atoms with Crippen LogP contribution in [0.2, 0.25) is 5.02 Å². The summed E-state index contributed by atoms with van der Waals surface area (Å²) in [5.41, 5.74) is 1.30. The van der Waals surface area contributed by atoms with Gasteiger partial charge in [-0.15, -0.1) is 0 Å². The second-order valence-corrected chi connectivity index (χ2v) is 5.55. The Kier molecular flexibility index (Phi) is 5.27. The van der Waals surface area contributed by atoms with E-state index in [9.17, 15) is 0 Å². The van der Waals surface area contributed by atoms with E-state index < -0.39 is 0 Å². The van der Waals surface area contributed by atoms with E-state index in [1.165, 1.54) is 37.7 Å². The van der Waals surface area contributed by atoms with Gasteiger partial charge in [-0.05, 0) is 43.9 Å². The Hall–Kier alpha value is -0.790. The van der Waals surface area contributed by atoms with E-state index >= 15 is 0 Å². The third-order valence-corrected chi connectivity index (χ3v) is 3.84. The zero-order chi connectivity index (χ0) is 12.8. The average Bonchev–Trinajstić information content (AvgIpc) is 2.33. The summed E-state index contributed by atoms with van der Waals surface area (Å²) in [6, 6.07) is 9.01. The van der Waals surface area contributed by atoms with Gasteiger partial charge in [-0.2, -0.15) is 0 Å². The standard InChI is InChI=1S/C16H22ClN/c1-13(14-9-11-15(17)12-10-14)18-16-7-5-3-2-4-6-8-16/h5,7,9-13,16,18H,2-4,6,8H2,1H3/b7-5+/t13-,16?/m0/s1. The van der Waals surface area contributed by atoms with Gasteiger partial charge in [0, 0.05) is 17.1 Å². The van der Waals surface area contributed by atoms with Gasteiger partial charge in [-0.3, -0.25) is 0 Å². The Bertz CT molecular complexity index is 383. The van der Waals surface area contributed by atoms with E-state index in [0.717, 1.165) is 5.02 Å². The molecule has 1 unspecified atom stereocenters. The number of hydrogen-bond acceptors (Lipinski definition) is 1. The molecule has 2 atom stereocenters. The van der Waals surface area contributed by atoms with Gasteiger partial charge in [0.15, 0.2) is 0 Å². The third-order valence-electron chi connectivity index (χ3n) is 3.59. The Labute approximate surface area is 115 Å². The molecule has 1 aliphatic rings. The zero-order valence-electron chi connectivity index (χ0n) is 11.0. The van der Waals surface area contributed by atoms with Crippen molar-refractivity contribution in [2.45, 2.75) is 51.1 Å². The first-order valence-electron chi connectivity index (χ1n) is 6.94. The zero-order valence-corrected chi connectivity index (χ0v) is 11.8. The molecular weight excluding hydrogens is 242 g/mol. The summed E-state index contributed by atoms with van der Waals surface area (Å²) in [5.74, 6) is 0. The first-order chi connectivity index (χ1) is 8.75. The molecule has 0 saturated carbocycles. The largest absolute Gasteiger partial charge is 0.304 e. The normalized spacial score (nSPS) is 24.0. The Morgan fingerprint density at radius 2 is 1.94 bits per heavy atom. The monoisotopic (exact) mass is 263 g/mol. The molecule has 0 aliphatic heterocycles. The smallest absolute Gasteiger partial charge is 0.0406 e. The molecule has 0 aromatic heterocycles. The molecule has 0 radical (unpaired) electrons. The number of benzene rings is 1. The summed E-state index contributed by atoms with van der Waals surface area (Å²) >= 11 is 5.92. The number of nitrogens with one attached hydrogen (secondary N) is 1. The molecule has 0 spiro atoms. The van der Waals surface area contributed by atoms with Crippen molar-refractivity contribution in [3.63, 3.8) is 0 Å². The van der Waals surface area contributed by atoms with Crippen LogP contribution in [-0.4, -0.2) is 6.04 Å². The summed E-state index contributed by atoms with van der Waals surface area (Å²) in [5, 5.41) is 4.50. The molecule has 0 saturated heterocycles. The number of rotatable bonds is 3. The van der Waals surface area contributed by atoms with Gasteiger partial charge in [0.2, 0.25) is 0 Å². The first kappa shape index (κ1) is 13.6. The predicted octanol–water partition coefficient (Wildman–Crippen LogP) is 4.88. The fraction of sp³-hybridized carbons (Fsp3) is 0.500. The van der Waals surface area contributed by atoms with Crippen molar-refractivity contribution in [3.05, 3.63) is 47.0 Å². The van der Waals surface area contributed by atoms with E-state index in [1.807, 2.05) is 12.1 Å². The maximum absolute atomic E-state index is 5.92. The van der Waals surface area contributed by atoms with Gasteiger partial charge >= 0.3 is 0 Å². The molecule has 98 valence electrons. The molecule has 0 amide bonds. The van der Waals surface area contributed by atoms with Crippen LogP contribution in [0, 0.1) is 0 Å². The number of hydrogen-bond donors (Lipinski definition) is 1. The summed E-state index contributed by atoms with van der Waals surface area (Å²) in [4.78, 5) is 0. The van der Waals surface area contributed by atoms with Gasteiger partial charge < -0.3 is 5.32 Å². The molecule has 2 heteroatoms. The fourth-order valence-electron chi connectivity index (χ4n) is 2.47. The quantitative estimate of drug-likeness (QED) is 0.767. The van der Waals surface area contributed by atoms with Crippen LogP contribution in [-0.2, 0) is 0 Å². The van der Waals surface area contributed by atoms with Crippen LogP contribution >= 0.6 is 11.6 Å². The van der Waals surface area contributed by atoms with Gasteiger partial charge in [0.1, 0.15) is 0 Å². The molecule has 18 heavy (non-hydrogen) atoms. The minimum Gasteiger partial charge on any atom is -0.304 e. The van der Waals surface area contributed by atoms with Crippen LogP contribution in [0.4, 0.5) is 0 Å².